The molecule has 3 rings (SSSR count). The first kappa shape index (κ1) is 10.4. The summed E-state index contributed by atoms with van der Waals surface area (Å²) >= 11 is 3.69. The van der Waals surface area contributed by atoms with Crippen molar-refractivity contribution in [3.8, 4) is 11.5 Å². The second-order valence-electron chi connectivity index (χ2n) is 4.11. The van der Waals surface area contributed by atoms with Gasteiger partial charge in [0.1, 0.15) is 0 Å². The van der Waals surface area contributed by atoms with E-state index in [0.29, 0.717) is 17.7 Å². The van der Waals surface area contributed by atoms with E-state index in [9.17, 15) is 0 Å². The smallest absolute Gasteiger partial charge is 0.231 e. The number of hydrazine groups is 1. The lowest BCUT2D eigenvalue weighted by Crippen LogP contribution is -2.29. The van der Waals surface area contributed by atoms with E-state index in [1.807, 2.05) is 12.1 Å². The minimum absolute atomic E-state index is 0.254. The van der Waals surface area contributed by atoms with Gasteiger partial charge in [0.15, 0.2) is 11.5 Å². The second-order valence-corrected chi connectivity index (χ2v) is 5.17. The molecule has 1 aromatic carbocycles. The zero-order valence-corrected chi connectivity index (χ0v) is 10.5. The van der Waals surface area contributed by atoms with E-state index in [1.165, 1.54) is 5.56 Å². The fraction of sp³-hybridized carbons (Fsp3) is 0.455. The Hall–Kier alpha value is -0.780. The van der Waals surface area contributed by atoms with Crippen LogP contribution in [0, 0.1) is 0 Å². The molecule has 0 aromatic heterocycles. The average Bonchev–Trinajstić information content (AvgIpc) is 2.86. The summed E-state index contributed by atoms with van der Waals surface area (Å²) in [5.41, 5.74) is 7.68. The van der Waals surface area contributed by atoms with E-state index in [2.05, 4.69) is 39.8 Å². The molecule has 0 radical (unpaired) electrons. The minimum atomic E-state index is 0.254. The predicted molar refractivity (Wildman–Crippen MR) is 63.8 cm³/mol. The number of fused-ring (bicyclic) bond motifs is 1. The molecule has 3 unspecified atom stereocenters. The zero-order valence-electron chi connectivity index (χ0n) is 8.87. The number of nitrogens with one attached hydrogen (secondary N) is 2. The van der Waals surface area contributed by atoms with Crippen molar-refractivity contribution in [3.05, 3.63) is 23.8 Å². The normalized spacial score (nSPS) is 32.0. The van der Waals surface area contributed by atoms with Crippen molar-refractivity contribution in [1.29, 1.82) is 0 Å². The highest BCUT2D eigenvalue weighted by atomic mass is 79.9. The van der Waals surface area contributed by atoms with E-state index < -0.39 is 0 Å². The summed E-state index contributed by atoms with van der Waals surface area (Å²) in [6, 6.07) is 6.72. The molecule has 1 aromatic rings. The van der Waals surface area contributed by atoms with Crippen molar-refractivity contribution in [1.82, 2.24) is 10.9 Å². The highest BCUT2D eigenvalue weighted by molar-refractivity contribution is 9.09. The van der Waals surface area contributed by atoms with Crippen LogP contribution in [0.5, 0.6) is 11.5 Å². The molecule has 5 heteroatoms. The summed E-state index contributed by atoms with van der Waals surface area (Å²) in [7, 11) is 0. The summed E-state index contributed by atoms with van der Waals surface area (Å²) in [5, 5.41) is 0. The van der Waals surface area contributed by atoms with Gasteiger partial charge >= 0.3 is 0 Å². The molecule has 0 bridgehead atoms. The molecule has 1 fully saturated rings. The number of benzene rings is 1. The second kappa shape index (κ2) is 3.91. The van der Waals surface area contributed by atoms with E-state index in [0.717, 1.165) is 11.5 Å². The van der Waals surface area contributed by atoms with Gasteiger partial charge in [0.25, 0.3) is 0 Å². The van der Waals surface area contributed by atoms with Crippen molar-refractivity contribution >= 4 is 15.9 Å². The SMILES string of the molecule is CC1NNC(c2ccc3c(c2)OCO3)C1Br. The van der Waals surface area contributed by atoms with Crippen LogP contribution < -0.4 is 20.3 Å². The Kier molecular flexibility index (Phi) is 2.53. The summed E-state index contributed by atoms with van der Waals surface area (Å²) in [6.07, 6.45) is 0. The van der Waals surface area contributed by atoms with E-state index in [1.54, 1.807) is 0 Å². The summed E-state index contributed by atoms with van der Waals surface area (Å²) < 4.78 is 10.7. The molecular formula is C11H13BrN2O2. The van der Waals surface area contributed by atoms with Gasteiger partial charge in [-0.2, -0.15) is 0 Å². The highest BCUT2D eigenvalue weighted by Crippen LogP contribution is 2.37. The van der Waals surface area contributed by atoms with Crippen molar-refractivity contribution < 1.29 is 9.47 Å². The van der Waals surface area contributed by atoms with Gasteiger partial charge < -0.3 is 9.47 Å². The molecular weight excluding hydrogens is 272 g/mol. The fourth-order valence-corrected chi connectivity index (χ4v) is 2.61. The van der Waals surface area contributed by atoms with Crippen LogP contribution in [0.3, 0.4) is 0 Å². The van der Waals surface area contributed by atoms with Gasteiger partial charge in [0, 0.05) is 6.04 Å². The number of alkyl halides is 1. The molecule has 2 aliphatic heterocycles. The summed E-state index contributed by atoms with van der Waals surface area (Å²) in [6.45, 7) is 2.46. The monoisotopic (exact) mass is 284 g/mol. The Morgan fingerprint density at radius 3 is 2.81 bits per heavy atom. The molecule has 86 valence electrons. The third-order valence-corrected chi connectivity index (χ3v) is 4.34. The summed E-state index contributed by atoms with van der Waals surface area (Å²) in [4.78, 5) is 0.368. The van der Waals surface area contributed by atoms with Crippen LogP contribution in [0.2, 0.25) is 0 Å². The Morgan fingerprint density at radius 2 is 2.06 bits per heavy atom. The lowest BCUT2D eigenvalue weighted by atomic mass is 10.0. The molecule has 4 nitrogen and oxygen atoms in total. The minimum Gasteiger partial charge on any atom is -0.454 e. The number of ether oxygens (including phenoxy) is 2. The number of hydrogen-bond donors (Lipinski definition) is 2. The maximum Gasteiger partial charge on any atom is 0.231 e. The lowest BCUT2D eigenvalue weighted by molar-refractivity contribution is 0.174. The third kappa shape index (κ3) is 1.59. The topological polar surface area (TPSA) is 42.5 Å². The Morgan fingerprint density at radius 1 is 1.25 bits per heavy atom. The molecule has 0 spiro atoms. The molecule has 0 aliphatic carbocycles. The van der Waals surface area contributed by atoms with Gasteiger partial charge in [-0.05, 0) is 24.6 Å². The molecule has 2 heterocycles. The van der Waals surface area contributed by atoms with Gasteiger partial charge in [-0.25, -0.2) is 5.43 Å². The van der Waals surface area contributed by atoms with Crippen molar-refractivity contribution in [2.24, 2.45) is 0 Å². The lowest BCUT2D eigenvalue weighted by Gasteiger charge is -2.15. The van der Waals surface area contributed by atoms with Gasteiger partial charge in [-0.1, -0.05) is 22.0 Å². The van der Waals surface area contributed by atoms with Crippen LogP contribution in [0.15, 0.2) is 18.2 Å². The number of hydrogen-bond acceptors (Lipinski definition) is 4. The molecule has 16 heavy (non-hydrogen) atoms. The van der Waals surface area contributed by atoms with Crippen LogP contribution in [-0.2, 0) is 0 Å². The van der Waals surface area contributed by atoms with Crippen molar-refractivity contribution in [2.45, 2.75) is 23.8 Å². The first-order valence-electron chi connectivity index (χ1n) is 5.30. The average molecular weight is 285 g/mol. The maximum atomic E-state index is 5.38. The van der Waals surface area contributed by atoms with Gasteiger partial charge in [0.2, 0.25) is 6.79 Å². The molecule has 0 amide bonds. The fourth-order valence-electron chi connectivity index (χ4n) is 2.04. The highest BCUT2D eigenvalue weighted by Gasteiger charge is 2.32. The Labute approximate surface area is 102 Å². The number of halogens is 1. The van der Waals surface area contributed by atoms with Gasteiger partial charge in [0.05, 0.1) is 10.9 Å². The van der Waals surface area contributed by atoms with Crippen molar-refractivity contribution in [3.63, 3.8) is 0 Å². The molecule has 3 atom stereocenters. The first-order valence-corrected chi connectivity index (χ1v) is 6.22. The number of rotatable bonds is 1. The standard InChI is InChI=1S/C11H13BrN2O2/c1-6-10(12)11(14-13-6)7-2-3-8-9(4-7)16-5-15-8/h2-4,6,10-11,13-14H,5H2,1H3. The van der Waals surface area contributed by atoms with Gasteiger partial charge in [-0.15, -0.1) is 0 Å². The quantitative estimate of drug-likeness (QED) is 0.771. The van der Waals surface area contributed by atoms with E-state index >= 15 is 0 Å². The Balaban J connectivity index is 1.90. The molecule has 2 aliphatic rings. The van der Waals surface area contributed by atoms with E-state index in [-0.39, 0.29) is 6.04 Å². The van der Waals surface area contributed by atoms with E-state index in [4.69, 9.17) is 9.47 Å². The van der Waals surface area contributed by atoms with Crippen molar-refractivity contribution in [2.75, 3.05) is 6.79 Å². The van der Waals surface area contributed by atoms with Crippen LogP contribution in [0.4, 0.5) is 0 Å². The third-order valence-electron chi connectivity index (χ3n) is 3.02. The summed E-state index contributed by atoms with van der Waals surface area (Å²) in [5.74, 6) is 1.66. The molecule has 1 saturated heterocycles. The zero-order chi connectivity index (χ0) is 11.1. The van der Waals surface area contributed by atoms with Crippen LogP contribution in [0.1, 0.15) is 18.5 Å². The maximum absolute atomic E-state index is 5.38. The van der Waals surface area contributed by atoms with Crippen LogP contribution in [0.25, 0.3) is 0 Å². The molecule has 0 saturated carbocycles. The first-order chi connectivity index (χ1) is 7.75. The Bertz CT molecular complexity index is 413. The van der Waals surface area contributed by atoms with Gasteiger partial charge in [-0.3, -0.25) is 5.43 Å². The predicted octanol–water partition coefficient (Wildman–Crippen LogP) is 1.72. The van der Waals surface area contributed by atoms with Crippen LogP contribution >= 0.6 is 15.9 Å². The largest absolute Gasteiger partial charge is 0.454 e. The molecule has 2 N–H and O–H groups in total. The van der Waals surface area contributed by atoms with Crippen LogP contribution in [-0.4, -0.2) is 17.7 Å².